The van der Waals surface area contributed by atoms with Gasteiger partial charge in [0.2, 0.25) is 11.7 Å². The maximum atomic E-state index is 13.8. The van der Waals surface area contributed by atoms with Crippen LogP contribution in [0, 0.1) is 0 Å². The predicted molar refractivity (Wildman–Crippen MR) is 173 cm³/mol. The van der Waals surface area contributed by atoms with Crippen molar-refractivity contribution in [3.63, 3.8) is 0 Å². The number of phenolic OH excluding ortho intramolecular Hbond substituents is 1. The molecular formula is C38H35NO7. The van der Waals surface area contributed by atoms with E-state index in [0.29, 0.717) is 23.1 Å². The van der Waals surface area contributed by atoms with E-state index in [9.17, 15) is 19.8 Å². The van der Waals surface area contributed by atoms with Gasteiger partial charge >= 0.3 is 5.97 Å². The summed E-state index contributed by atoms with van der Waals surface area (Å²) in [6.45, 7) is -0.118. The van der Waals surface area contributed by atoms with Gasteiger partial charge in [-0.1, -0.05) is 109 Å². The molecule has 46 heavy (non-hydrogen) atoms. The van der Waals surface area contributed by atoms with E-state index in [4.69, 9.17) is 14.2 Å². The van der Waals surface area contributed by atoms with E-state index in [1.807, 2.05) is 97.1 Å². The monoisotopic (exact) mass is 617 g/mol. The van der Waals surface area contributed by atoms with Crippen LogP contribution in [0.5, 0.6) is 5.75 Å². The molecule has 2 aliphatic rings. The molecule has 1 amide bonds. The number of aromatic hydroxyl groups is 1. The Morgan fingerprint density at radius 1 is 0.870 bits per heavy atom. The van der Waals surface area contributed by atoms with Gasteiger partial charge in [-0.3, -0.25) is 4.79 Å². The molecule has 1 saturated heterocycles. The third kappa shape index (κ3) is 6.50. The van der Waals surface area contributed by atoms with Crippen LogP contribution in [0.3, 0.4) is 0 Å². The maximum absolute atomic E-state index is 13.8. The minimum absolute atomic E-state index is 0.0878. The second kappa shape index (κ2) is 14.0. The summed E-state index contributed by atoms with van der Waals surface area (Å²) in [5, 5.41) is 22.1. The number of phenols is 1. The SMILES string of the molecule is O=C(NCCO)C1=C[C@H]2OC(c3ccccc3)(c3ccccc3)O[C@H]2[C@H](OC(=O)c2ccccc2C=CCc2ccccc2O)C1. The lowest BCUT2D eigenvalue weighted by molar-refractivity contribution is -0.157. The molecule has 8 heteroatoms. The molecular weight excluding hydrogens is 582 g/mol. The average Bonchev–Trinajstić information content (AvgIpc) is 3.50. The van der Waals surface area contributed by atoms with Gasteiger partial charge < -0.3 is 29.7 Å². The van der Waals surface area contributed by atoms with E-state index in [0.717, 1.165) is 16.7 Å². The molecule has 4 aromatic carbocycles. The molecule has 1 aliphatic heterocycles. The number of rotatable bonds is 10. The lowest BCUT2D eigenvalue weighted by Gasteiger charge is -2.31. The van der Waals surface area contributed by atoms with Gasteiger partial charge in [-0.05, 0) is 35.8 Å². The summed E-state index contributed by atoms with van der Waals surface area (Å²) in [5.74, 6) is -2.04. The number of esters is 1. The van der Waals surface area contributed by atoms with E-state index < -0.39 is 30.1 Å². The third-order valence-corrected chi connectivity index (χ3v) is 8.14. The molecule has 0 aromatic heterocycles. The van der Waals surface area contributed by atoms with Crippen molar-refractivity contribution in [2.45, 2.75) is 36.9 Å². The van der Waals surface area contributed by atoms with Crippen LogP contribution in [0.25, 0.3) is 6.08 Å². The summed E-state index contributed by atoms with van der Waals surface area (Å²) in [6.07, 6.45) is 3.72. The Balaban J connectivity index is 1.31. The second-order valence-corrected chi connectivity index (χ2v) is 11.2. The highest BCUT2D eigenvalue weighted by Gasteiger charge is 2.55. The van der Waals surface area contributed by atoms with Gasteiger partial charge in [0.15, 0.2) is 0 Å². The molecule has 1 heterocycles. The first-order chi connectivity index (χ1) is 22.5. The first-order valence-electron chi connectivity index (χ1n) is 15.3. The number of benzene rings is 4. The Labute approximate surface area is 267 Å². The molecule has 3 N–H and O–H groups in total. The Bertz CT molecular complexity index is 1690. The number of allylic oxidation sites excluding steroid dienone is 1. The van der Waals surface area contributed by atoms with Crippen molar-refractivity contribution in [1.82, 2.24) is 5.32 Å². The molecule has 1 aliphatic carbocycles. The summed E-state index contributed by atoms with van der Waals surface area (Å²) < 4.78 is 19.7. The normalized spacial score (nSPS) is 20.1. The Hall–Kier alpha value is -5.02. The van der Waals surface area contributed by atoms with Gasteiger partial charge in [-0.25, -0.2) is 4.79 Å². The number of nitrogens with one attached hydrogen (secondary N) is 1. The van der Waals surface area contributed by atoms with Gasteiger partial charge in [0.1, 0.15) is 24.1 Å². The van der Waals surface area contributed by atoms with Gasteiger partial charge in [0.25, 0.3) is 0 Å². The largest absolute Gasteiger partial charge is 0.508 e. The van der Waals surface area contributed by atoms with E-state index in [1.165, 1.54) is 0 Å². The number of carbonyl (C=O) groups is 2. The average molecular weight is 618 g/mol. The number of carbonyl (C=O) groups excluding carboxylic acids is 2. The molecule has 0 bridgehead atoms. The molecule has 3 atom stereocenters. The molecule has 0 saturated carbocycles. The highest BCUT2D eigenvalue weighted by molar-refractivity contribution is 5.95. The van der Waals surface area contributed by atoms with Gasteiger partial charge in [-0.2, -0.15) is 0 Å². The topological polar surface area (TPSA) is 114 Å². The fraction of sp³-hybridized carbons (Fsp3) is 0.211. The number of hydrogen-bond acceptors (Lipinski definition) is 7. The molecule has 1 fully saturated rings. The summed E-state index contributed by atoms with van der Waals surface area (Å²) >= 11 is 0. The van der Waals surface area contributed by atoms with Crippen molar-refractivity contribution in [2.75, 3.05) is 13.2 Å². The van der Waals surface area contributed by atoms with E-state index in [2.05, 4.69) is 5.32 Å². The van der Waals surface area contributed by atoms with Crippen LogP contribution in [-0.2, 0) is 31.2 Å². The molecule has 0 unspecified atom stereocenters. The van der Waals surface area contributed by atoms with Crippen LogP contribution in [0.2, 0.25) is 0 Å². The molecule has 0 spiro atoms. The summed E-state index contributed by atoms with van der Waals surface area (Å²) in [4.78, 5) is 26.9. The van der Waals surface area contributed by atoms with Crippen LogP contribution in [0.1, 0.15) is 39.0 Å². The Kier molecular flexibility index (Phi) is 9.40. The first-order valence-corrected chi connectivity index (χ1v) is 15.3. The van der Waals surface area contributed by atoms with Crippen LogP contribution in [-0.4, -0.2) is 53.6 Å². The van der Waals surface area contributed by atoms with Crippen molar-refractivity contribution in [2.24, 2.45) is 0 Å². The van der Waals surface area contributed by atoms with Crippen molar-refractivity contribution < 1.29 is 34.0 Å². The van der Waals surface area contributed by atoms with Crippen molar-refractivity contribution in [3.8, 4) is 5.75 Å². The van der Waals surface area contributed by atoms with Gasteiger partial charge in [-0.15, -0.1) is 0 Å². The van der Waals surface area contributed by atoms with Crippen molar-refractivity contribution in [3.05, 3.63) is 155 Å². The van der Waals surface area contributed by atoms with E-state index in [-0.39, 0.29) is 31.2 Å². The standard InChI is InChI=1S/C38H35NO7/c40-23-22-39-36(42)28-24-33(44-37(43)31-20-9-7-12-26(31)14-11-15-27-13-8-10-21-32(27)41)35-34(25-28)45-38(46-35,29-16-3-1-4-17-29)30-18-5-2-6-19-30/h1-14,16-21,25,33-35,40-41H,15,22-24H2,(H,39,42)/t33-,34-,35+/m1/s1. The maximum Gasteiger partial charge on any atom is 0.339 e. The zero-order valence-electron chi connectivity index (χ0n) is 25.1. The highest BCUT2D eigenvalue weighted by Crippen LogP contribution is 2.47. The minimum Gasteiger partial charge on any atom is -0.508 e. The number of fused-ring (bicyclic) bond motifs is 1. The first kappa shape index (κ1) is 31.0. The predicted octanol–water partition coefficient (Wildman–Crippen LogP) is 5.30. The van der Waals surface area contributed by atoms with Gasteiger partial charge in [0.05, 0.1) is 12.2 Å². The fourth-order valence-corrected chi connectivity index (χ4v) is 5.90. The van der Waals surface area contributed by atoms with Crippen LogP contribution >= 0.6 is 0 Å². The van der Waals surface area contributed by atoms with Crippen molar-refractivity contribution in [1.29, 1.82) is 0 Å². The number of ether oxygens (including phenoxy) is 3. The fourth-order valence-electron chi connectivity index (χ4n) is 5.90. The lowest BCUT2D eigenvalue weighted by atomic mass is 9.91. The number of para-hydroxylation sites is 1. The molecule has 0 radical (unpaired) electrons. The van der Waals surface area contributed by atoms with Crippen LogP contribution < -0.4 is 5.32 Å². The summed E-state index contributed by atoms with van der Waals surface area (Å²) in [7, 11) is 0. The highest BCUT2D eigenvalue weighted by atomic mass is 16.8. The molecule has 6 rings (SSSR count). The lowest BCUT2D eigenvalue weighted by Crippen LogP contribution is -2.43. The summed E-state index contributed by atoms with van der Waals surface area (Å²) in [5.41, 5.74) is 3.68. The zero-order valence-corrected chi connectivity index (χ0v) is 25.1. The number of aliphatic hydroxyl groups excluding tert-OH is 1. The van der Waals surface area contributed by atoms with Crippen LogP contribution in [0.4, 0.5) is 0 Å². The number of hydrogen-bond donors (Lipinski definition) is 3. The van der Waals surface area contributed by atoms with E-state index >= 15 is 0 Å². The quantitative estimate of drug-likeness (QED) is 0.207. The Morgan fingerprint density at radius 2 is 1.52 bits per heavy atom. The molecule has 234 valence electrons. The smallest absolute Gasteiger partial charge is 0.339 e. The summed E-state index contributed by atoms with van der Waals surface area (Å²) in [6, 6.07) is 33.3. The Morgan fingerprint density at radius 3 is 2.22 bits per heavy atom. The van der Waals surface area contributed by atoms with Crippen molar-refractivity contribution >= 4 is 18.0 Å². The number of aliphatic hydroxyl groups is 1. The van der Waals surface area contributed by atoms with Crippen LogP contribution in [0.15, 0.2) is 127 Å². The third-order valence-electron chi connectivity index (χ3n) is 8.14. The second-order valence-electron chi connectivity index (χ2n) is 11.2. The molecule has 4 aromatic rings. The zero-order chi connectivity index (χ0) is 31.9. The van der Waals surface area contributed by atoms with Gasteiger partial charge in [0, 0.05) is 29.7 Å². The van der Waals surface area contributed by atoms with E-state index in [1.54, 1.807) is 30.3 Å². The molecule has 8 nitrogen and oxygen atoms in total. The minimum atomic E-state index is -1.31. The number of amides is 1.